The molecule has 0 saturated carbocycles. The zero-order chi connectivity index (χ0) is 16.4. The van der Waals surface area contributed by atoms with E-state index in [4.69, 9.17) is 0 Å². The Bertz CT molecular complexity index is 613. The number of aromatic nitrogens is 2. The molecule has 1 saturated heterocycles. The molecule has 1 aliphatic rings. The van der Waals surface area contributed by atoms with Gasteiger partial charge in [-0.3, -0.25) is 4.98 Å². The predicted molar refractivity (Wildman–Crippen MR) is 74.5 cm³/mol. The maximum atomic E-state index is 12.5. The molecule has 2 rings (SSSR count). The molecule has 2 heterocycles. The Balaban J connectivity index is 1.85. The van der Waals surface area contributed by atoms with Crippen molar-refractivity contribution in [3.05, 3.63) is 18.1 Å². The number of alkyl halides is 3. The molecule has 1 N–H and O–H groups in total. The molecule has 1 aromatic heterocycles. The second-order valence-electron chi connectivity index (χ2n) is 5.22. The van der Waals surface area contributed by atoms with Crippen LogP contribution in [-0.2, 0) is 10.0 Å². The average Bonchev–Trinajstić information content (AvgIpc) is 2.44. The molecule has 0 radical (unpaired) electrons. The lowest BCUT2D eigenvalue weighted by Crippen LogP contribution is -2.45. The van der Waals surface area contributed by atoms with Crippen molar-refractivity contribution in [2.75, 3.05) is 25.0 Å². The minimum absolute atomic E-state index is 0.0991. The Hall–Kier alpha value is -1.42. The van der Waals surface area contributed by atoms with Crippen LogP contribution in [0.5, 0.6) is 0 Å². The van der Waals surface area contributed by atoms with Gasteiger partial charge in [-0.25, -0.2) is 13.4 Å². The maximum Gasteiger partial charge on any atom is 0.511 e. The van der Waals surface area contributed by atoms with E-state index in [1.165, 1.54) is 0 Å². The molecule has 1 fully saturated rings. The molecule has 10 heteroatoms. The molecule has 0 aromatic carbocycles. The number of nitrogens with zero attached hydrogens (tertiary/aromatic N) is 3. The van der Waals surface area contributed by atoms with E-state index >= 15 is 0 Å². The lowest BCUT2D eigenvalue weighted by molar-refractivity contribution is -0.0496. The number of nitrogens with one attached hydrogen (secondary N) is 1. The van der Waals surface area contributed by atoms with Crippen LogP contribution in [0.25, 0.3) is 0 Å². The first-order chi connectivity index (χ1) is 10.2. The fraction of sp³-hybridized carbons (Fsp3) is 0.667. The summed E-state index contributed by atoms with van der Waals surface area (Å²) in [6.45, 7) is 2.10. The minimum atomic E-state index is -5.23. The number of hydrogen-bond donors (Lipinski definition) is 1. The normalized spacial score (nSPS) is 18.4. The molecule has 0 aliphatic carbocycles. The van der Waals surface area contributed by atoms with E-state index in [2.05, 4.69) is 15.3 Å². The highest BCUT2D eigenvalue weighted by Gasteiger charge is 2.50. The van der Waals surface area contributed by atoms with Gasteiger partial charge in [0.1, 0.15) is 5.82 Å². The first-order valence-electron chi connectivity index (χ1n) is 6.79. The fourth-order valence-corrected chi connectivity index (χ4v) is 3.28. The van der Waals surface area contributed by atoms with Gasteiger partial charge in [0.25, 0.3) is 0 Å². The molecular weight excluding hydrogens is 321 g/mol. The average molecular weight is 338 g/mol. The van der Waals surface area contributed by atoms with Crippen LogP contribution in [0.2, 0.25) is 0 Å². The van der Waals surface area contributed by atoms with E-state index in [-0.39, 0.29) is 19.0 Å². The van der Waals surface area contributed by atoms with Gasteiger partial charge in [0.15, 0.2) is 0 Å². The van der Waals surface area contributed by atoms with E-state index in [1.807, 2.05) is 0 Å². The summed E-state index contributed by atoms with van der Waals surface area (Å²) in [4.78, 5) is 8.20. The van der Waals surface area contributed by atoms with Crippen LogP contribution in [0.15, 0.2) is 12.4 Å². The zero-order valence-corrected chi connectivity index (χ0v) is 12.8. The Labute approximate surface area is 126 Å². The molecule has 6 nitrogen and oxygen atoms in total. The number of anilines is 1. The van der Waals surface area contributed by atoms with Gasteiger partial charge in [0.05, 0.1) is 11.9 Å². The molecule has 0 unspecified atom stereocenters. The van der Waals surface area contributed by atoms with Crippen molar-refractivity contribution in [2.45, 2.75) is 25.3 Å². The molecular formula is C12H17F3N4O2S. The Kier molecular flexibility index (Phi) is 4.90. The van der Waals surface area contributed by atoms with Crippen LogP contribution in [0.3, 0.4) is 0 Å². The van der Waals surface area contributed by atoms with Gasteiger partial charge < -0.3 is 5.32 Å². The van der Waals surface area contributed by atoms with Crippen molar-refractivity contribution >= 4 is 15.8 Å². The third-order valence-electron chi connectivity index (χ3n) is 3.53. The number of hydrogen-bond acceptors (Lipinski definition) is 5. The summed E-state index contributed by atoms with van der Waals surface area (Å²) in [5.41, 5.74) is -4.47. The van der Waals surface area contributed by atoms with E-state index in [0.717, 1.165) is 5.69 Å². The van der Waals surface area contributed by atoms with Gasteiger partial charge in [-0.15, -0.1) is 0 Å². The molecule has 124 valence electrons. The molecule has 0 amide bonds. The predicted octanol–water partition coefficient (Wildman–Crippen LogP) is 1.76. The highest BCUT2D eigenvalue weighted by molar-refractivity contribution is 7.90. The Morgan fingerprint density at radius 1 is 1.32 bits per heavy atom. The SMILES string of the molecule is Cc1cncc(NCC2CCN(S(=O)(=O)C(F)(F)F)CC2)n1. The van der Waals surface area contributed by atoms with E-state index in [1.54, 1.807) is 19.3 Å². The van der Waals surface area contributed by atoms with Crippen molar-refractivity contribution in [1.29, 1.82) is 0 Å². The molecule has 22 heavy (non-hydrogen) atoms. The number of halogens is 3. The summed E-state index contributed by atoms with van der Waals surface area (Å²) < 4.78 is 60.5. The van der Waals surface area contributed by atoms with Crippen molar-refractivity contribution in [1.82, 2.24) is 14.3 Å². The standard InChI is InChI=1S/C12H17F3N4O2S/c1-9-6-16-8-11(18-9)17-7-10-2-4-19(5-3-10)22(20,21)12(13,14)15/h6,8,10H,2-5,7H2,1H3,(H,17,18). The van der Waals surface area contributed by atoms with Crippen LogP contribution >= 0.6 is 0 Å². The molecule has 1 aromatic rings. The Morgan fingerprint density at radius 3 is 2.50 bits per heavy atom. The summed E-state index contributed by atoms with van der Waals surface area (Å²) in [6, 6.07) is 0. The van der Waals surface area contributed by atoms with Crippen LogP contribution in [0.4, 0.5) is 19.0 Å². The lowest BCUT2D eigenvalue weighted by atomic mass is 9.98. The summed E-state index contributed by atoms with van der Waals surface area (Å²) in [5, 5.41) is 3.08. The minimum Gasteiger partial charge on any atom is -0.369 e. The number of rotatable bonds is 4. The molecule has 0 bridgehead atoms. The van der Waals surface area contributed by atoms with Crippen LogP contribution in [-0.4, -0.2) is 47.8 Å². The molecule has 0 spiro atoms. The van der Waals surface area contributed by atoms with Crippen molar-refractivity contribution in [3.63, 3.8) is 0 Å². The molecule has 0 atom stereocenters. The number of sulfonamides is 1. The van der Waals surface area contributed by atoms with Crippen molar-refractivity contribution in [2.24, 2.45) is 5.92 Å². The first-order valence-corrected chi connectivity index (χ1v) is 8.23. The highest BCUT2D eigenvalue weighted by Crippen LogP contribution is 2.30. The molecule has 1 aliphatic heterocycles. The fourth-order valence-electron chi connectivity index (χ4n) is 2.30. The van der Waals surface area contributed by atoms with Gasteiger partial charge >= 0.3 is 15.5 Å². The topological polar surface area (TPSA) is 75.2 Å². The second kappa shape index (κ2) is 6.37. The highest BCUT2D eigenvalue weighted by atomic mass is 32.2. The maximum absolute atomic E-state index is 12.5. The quantitative estimate of drug-likeness (QED) is 0.905. The van der Waals surface area contributed by atoms with Crippen molar-refractivity contribution in [3.8, 4) is 0 Å². The summed E-state index contributed by atoms with van der Waals surface area (Å²) in [7, 11) is -5.21. The van der Waals surface area contributed by atoms with Gasteiger partial charge in [-0.1, -0.05) is 0 Å². The van der Waals surface area contributed by atoms with Gasteiger partial charge in [-0.05, 0) is 25.7 Å². The lowest BCUT2D eigenvalue weighted by Gasteiger charge is -2.31. The smallest absolute Gasteiger partial charge is 0.369 e. The van der Waals surface area contributed by atoms with Crippen LogP contribution in [0.1, 0.15) is 18.5 Å². The van der Waals surface area contributed by atoms with Crippen molar-refractivity contribution < 1.29 is 21.6 Å². The van der Waals surface area contributed by atoms with Gasteiger partial charge in [0.2, 0.25) is 0 Å². The van der Waals surface area contributed by atoms with Crippen LogP contribution in [0, 0.1) is 12.8 Å². The van der Waals surface area contributed by atoms with Gasteiger partial charge in [-0.2, -0.15) is 17.5 Å². The second-order valence-corrected chi connectivity index (χ2v) is 7.15. The first kappa shape index (κ1) is 16.9. The third-order valence-corrected chi connectivity index (χ3v) is 5.16. The number of aryl methyl sites for hydroxylation is 1. The summed E-state index contributed by atoms with van der Waals surface area (Å²) in [6.07, 6.45) is 3.94. The van der Waals surface area contributed by atoms with E-state index < -0.39 is 15.5 Å². The summed E-state index contributed by atoms with van der Waals surface area (Å²) in [5.74, 6) is 0.701. The van der Waals surface area contributed by atoms with E-state index in [9.17, 15) is 21.6 Å². The largest absolute Gasteiger partial charge is 0.511 e. The Morgan fingerprint density at radius 2 is 1.95 bits per heavy atom. The van der Waals surface area contributed by atoms with E-state index in [0.29, 0.717) is 29.5 Å². The number of piperidine rings is 1. The van der Waals surface area contributed by atoms with Crippen LogP contribution < -0.4 is 5.32 Å². The third kappa shape index (κ3) is 3.86. The zero-order valence-electron chi connectivity index (χ0n) is 12.0. The monoisotopic (exact) mass is 338 g/mol. The van der Waals surface area contributed by atoms with Gasteiger partial charge in [0, 0.05) is 25.8 Å². The summed E-state index contributed by atoms with van der Waals surface area (Å²) >= 11 is 0.